The average Bonchev–Trinajstić information content (AvgIpc) is 2.96. The molecule has 0 fully saturated rings. The highest BCUT2D eigenvalue weighted by atomic mass is 19.1. The molecule has 0 aliphatic rings. The molecule has 0 radical (unpaired) electrons. The number of hydrogen-bond donors (Lipinski definition) is 1. The normalized spacial score (nSPS) is 13.0. The summed E-state index contributed by atoms with van der Waals surface area (Å²) in [7, 11) is 1.39. The van der Waals surface area contributed by atoms with Crippen molar-refractivity contribution in [2.24, 2.45) is 5.92 Å². The quantitative estimate of drug-likeness (QED) is 0.231. The van der Waals surface area contributed by atoms with Crippen molar-refractivity contribution in [2.45, 2.75) is 52.2 Å². The summed E-state index contributed by atoms with van der Waals surface area (Å²) in [6.07, 6.45) is 1.29. The zero-order valence-electron chi connectivity index (χ0n) is 23.8. The van der Waals surface area contributed by atoms with Gasteiger partial charge in [0.15, 0.2) is 17.2 Å². The van der Waals surface area contributed by atoms with Crippen LogP contribution in [-0.4, -0.2) is 48.9 Å². The molecule has 41 heavy (non-hydrogen) atoms. The van der Waals surface area contributed by atoms with Gasteiger partial charge in [-0.25, -0.2) is 14.2 Å². The maximum absolute atomic E-state index is 13.4. The van der Waals surface area contributed by atoms with Crippen LogP contribution in [0.1, 0.15) is 55.2 Å². The van der Waals surface area contributed by atoms with E-state index in [9.17, 15) is 18.8 Å². The number of ether oxygens (including phenoxy) is 4. The Bertz CT molecular complexity index is 1320. The van der Waals surface area contributed by atoms with E-state index < -0.39 is 36.8 Å². The Balaban J connectivity index is 1.70. The molecule has 3 rings (SSSR count). The van der Waals surface area contributed by atoms with E-state index in [1.807, 2.05) is 30.3 Å². The Morgan fingerprint density at radius 1 is 0.927 bits per heavy atom. The Hall–Kier alpha value is -4.47. The molecule has 10 heteroatoms. The first kappa shape index (κ1) is 31.1. The molecule has 9 nitrogen and oxygen atoms in total. The number of hydrogen-bond acceptors (Lipinski definition) is 8. The number of pyridine rings is 1. The van der Waals surface area contributed by atoms with Crippen LogP contribution < -0.4 is 14.8 Å². The van der Waals surface area contributed by atoms with Gasteiger partial charge in [0.2, 0.25) is 6.79 Å². The molecule has 2 aromatic carbocycles. The molecule has 0 saturated heterocycles. The number of rotatable bonds is 13. The number of nitrogens with one attached hydrogen (secondary N) is 1. The number of nitrogens with zero attached hydrogens (tertiary/aromatic N) is 1. The molecule has 1 N–H and O–H groups in total. The third-order valence-corrected chi connectivity index (χ3v) is 6.35. The van der Waals surface area contributed by atoms with Crippen LogP contribution in [0.15, 0.2) is 66.9 Å². The number of benzene rings is 2. The van der Waals surface area contributed by atoms with Crippen molar-refractivity contribution in [2.75, 3.05) is 13.9 Å². The van der Waals surface area contributed by atoms with Crippen molar-refractivity contribution in [1.82, 2.24) is 10.3 Å². The second-order valence-corrected chi connectivity index (χ2v) is 9.76. The summed E-state index contributed by atoms with van der Waals surface area (Å²) in [6, 6.07) is 16.2. The topological polar surface area (TPSA) is 113 Å². The number of methoxy groups -OCH3 is 1. The van der Waals surface area contributed by atoms with Gasteiger partial charge in [0.05, 0.1) is 13.0 Å². The van der Waals surface area contributed by atoms with Gasteiger partial charge in [-0.3, -0.25) is 9.59 Å². The number of carbonyl (C=O) groups excluding carboxylic acids is 3. The van der Waals surface area contributed by atoms with Gasteiger partial charge in [-0.2, -0.15) is 0 Å². The van der Waals surface area contributed by atoms with Gasteiger partial charge in [0.1, 0.15) is 18.0 Å². The monoisotopic (exact) mass is 566 g/mol. The summed E-state index contributed by atoms with van der Waals surface area (Å²) in [5, 5.41) is 2.58. The molecular formula is C31H35FN2O7. The first-order valence-electron chi connectivity index (χ1n) is 13.2. The molecule has 1 heterocycles. The van der Waals surface area contributed by atoms with Gasteiger partial charge in [0.25, 0.3) is 5.91 Å². The van der Waals surface area contributed by atoms with E-state index in [-0.39, 0.29) is 34.8 Å². The van der Waals surface area contributed by atoms with Crippen molar-refractivity contribution in [1.29, 1.82) is 0 Å². The van der Waals surface area contributed by atoms with Crippen molar-refractivity contribution in [3.05, 3.63) is 89.5 Å². The summed E-state index contributed by atoms with van der Waals surface area (Å²) in [4.78, 5) is 42.0. The summed E-state index contributed by atoms with van der Waals surface area (Å²) < 4.78 is 35.1. The zero-order valence-corrected chi connectivity index (χ0v) is 23.8. The maximum atomic E-state index is 13.4. The second kappa shape index (κ2) is 14.8. The number of amides is 1. The van der Waals surface area contributed by atoms with Crippen molar-refractivity contribution in [3.8, 4) is 11.5 Å². The van der Waals surface area contributed by atoms with Crippen LogP contribution in [0.3, 0.4) is 0 Å². The van der Waals surface area contributed by atoms with Crippen LogP contribution in [0.2, 0.25) is 0 Å². The lowest BCUT2D eigenvalue weighted by Gasteiger charge is -2.26. The molecule has 0 bridgehead atoms. The first-order chi connectivity index (χ1) is 19.6. The van der Waals surface area contributed by atoms with Crippen LogP contribution in [0.4, 0.5) is 4.39 Å². The first-order valence-corrected chi connectivity index (χ1v) is 13.2. The van der Waals surface area contributed by atoms with Crippen LogP contribution in [0, 0.1) is 11.7 Å². The largest absolute Gasteiger partial charge is 0.493 e. The third kappa shape index (κ3) is 8.76. The Morgan fingerprint density at radius 2 is 1.61 bits per heavy atom. The Labute approximate surface area is 239 Å². The predicted octanol–water partition coefficient (Wildman–Crippen LogP) is 4.84. The second-order valence-electron chi connectivity index (χ2n) is 9.76. The van der Waals surface area contributed by atoms with Crippen LogP contribution in [0.5, 0.6) is 11.5 Å². The molecule has 0 aliphatic carbocycles. The lowest BCUT2D eigenvalue weighted by molar-refractivity contribution is -0.154. The molecule has 3 aromatic rings. The predicted molar refractivity (Wildman–Crippen MR) is 149 cm³/mol. The fourth-order valence-corrected chi connectivity index (χ4v) is 4.03. The summed E-state index contributed by atoms with van der Waals surface area (Å²) >= 11 is 0. The number of carbonyl (C=O) groups is 3. The van der Waals surface area contributed by atoms with Gasteiger partial charge >= 0.3 is 11.9 Å². The van der Waals surface area contributed by atoms with E-state index in [0.717, 1.165) is 11.1 Å². The minimum absolute atomic E-state index is 0.0403. The van der Waals surface area contributed by atoms with Gasteiger partial charge in [-0.05, 0) is 43.5 Å². The lowest BCUT2D eigenvalue weighted by Crippen LogP contribution is -2.41. The van der Waals surface area contributed by atoms with E-state index in [0.29, 0.717) is 6.42 Å². The minimum atomic E-state index is -1.04. The standard InChI is InChI=1S/C31H35FN2O7/c1-19(2)30(36)40-18-39-28-26(38-5)15-16-33-27(28)29(35)34-20(3)31(37)41-21(4)25(23-9-7-6-8-10-23)17-22-11-13-24(32)14-12-22/h6-16,19-21,25H,17-18H2,1-5H3,(H,34,35)/t20-,21-,25-/m0/s1. The molecule has 0 unspecified atom stereocenters. The van der Waals surface area contributed by atoms with E-state index in [2.05, 4.69) is 10.3 Å². The summed E-state index contributed by atoms with van der Waals surface area (Å²) in [6.45, 7) is 6.18. The molecule has 218 valence electrons. The Morgan fingerprint density at radius 3 is 2.24 bits per heavy atom. The maximum Gasteiger partial charge on any atom is 0.328 e. The lowest BCUT2D eigenvalue weighted by atomic mass is 9.88. The summed E-state index contributed by atoms with van der Waals surface area (Å²) in [5.74, 6) is -2.59. The van der Waals surface area contributed by atoms with Crippen LogP contribution >= 0.6 is 0 Å². The minimum Gasteiger partial charge on any atom is -0.493 e. The molecule has 3 atom stereocenters. The molecule has 1 amide bonds. The van der Waals surface area contributed by atoms with Crippen molar-refractivity contribution in [3.63, 3.8) is 0 Å². The van der Waals surface area contributed by atoms with Gasteiger partial charge in [-0.1, -0.05) is 56.3 Å². The van der Waals surface area contributed by atoms with Crippen molar-refractivity contribution >= 4 is 17.8 Å². The molecular weight excluding hydrogens is 531 g/mol. The molecule has 0 aliphatic heterocycles. The smallest absolute Gasteiger partial charge is 0.328 e. The Kier molecular flexibility index (Phi) is 11.2. The highest BCUT2D eigenvalue weighted by Crippen LogP contribution is 2.30. The molecule has 0 saturated carbocycles. The SMILES string of the molecule is COc1ccnc(C(=O)N[C@@H](C)C(=O)O[C@@H](C)[C@H](Cc2ccc(F)cc2)c2ccccc2)c1OCOC(=O)C(C)C. The summed E-state index contributed by atoms with van der Waals surface area (Å²) in [5.41, 5.74) is 1.69. The van der Waals surface area contributed by atoms with E-state index in [4.69, 9.17) is 18.9 Å². The zero-order chi connectivity index (χ0) is 29.9. The molecule has 0 spiro atoms. The van der Waals surface area contributed by atoms with Crippen molar-refractivity contribution < 1.29 is 37.7 Å². The fourth-order valence-electron chi connectivity index (χ4n) is 4.03. The van der Waals surface area contributed by atoms with Gasteiger partial charge < -0.3 is 24.3 Å². The third-order valence-electron chi connectivity index (χ3n) is 6.35. The van der Waals surface area contributed by atoms with Gasteiger partial charge in [-0.15, -0.1) is 0 Å². The van der Waals surface area contributed by atoms with Gasteiger partial charge in [0, 0.05) is 18.2 Å². The average molecular weight is 567 g/mol. The highest BCUT2D eigenvalue weighted by molar-refractivity contribution is 5.98. The van der Waals surface area contributed by atoms with Crippen LogP contribution in [-0.2, 0) is 25.5 Å². The van der Waals surface area contributed by atoms with E-state index in [1.54, 1.807) is 32.9 Å². The molecule has 1 aromatic heterocycles. The van der Waals surface area contributed by atoms with E-state index in [1.165, 1.54) is 38.4 Å². The number of esters is 2. The number of aromatic nitrogens is 1. The van der Waals surface area contributed by atoms with E-state index >= 15 is 0 Å². The fraction of sp³-hybridized carbons (Fsp3) is 0.355. The highest BCUT2D eigenvalue weighted by Gasteiger charge is 2.28. The van der Waals surface area contributed by atoms with Crippen LogP contribution in [0.25, 0.3) is 0 Å². The number of halogens is 1.